The molecule has 1 saturated heterocycles. The number of thioether (sulfide) groups is 1. The lowest BCUT2D eigenvalue weighted by Crippen LogP contribution is -2.33. The summed E-state index contributed by atoms with van der Waals surface area (Å²) < 4.78 is 0. The van der Waals surface area contributed by atoms with E-state index in [0.29, 0.717) is 5.75 Å². The van der Waals surface area contributed by atoms with Gasteiger partial charge in [0.15, 0.2) is 0 Å². The van der Waals surface area contributed by atoms with E-state index in [2.05, 4.69) is 42.2 Å². The first kappa shape index (κ1) is 17.9. The topological polar surface area (TPSA) is 46.1 Å². The number of rotatable bonds is 4. The van der Waals surface area contributed by atoms with Crippen molar-refractivity contribution in [1.29, 1.82) is 0 Å². The maximum atomic E-state index is 12.3. The number of carbonyl (C=O) groups excluding carboxylic acids is 1. The monoisotopic (exact) mass is 355 g/mol. The molecular weight excluding hydrogens is 330 g/mol. The Balaban J connectivity index is 1.58. The molecule has 2 aromatic rings. The first-order valence-corrected chi connectivity index (χ1v) is 9.94. The van der Waals surface area contributed by atoms with Crippen molar-refractivity contribution in [3.05, 3.63) is 41.5 Å². The zero-order valence-electron chi connectivity index (χ0n) is 15.0. The third-order valence-electron chi connectivity index (χ3n) is 4.75. The lowest BCUT2D eigenvalue weighted by atomic mass is 10.0. The van der Waals surface area contributed by atoms with Crippen LogP contribution in [-0.4, -0.2) is 39.8 Å². The standard InChI is InChI=1S/C20H25N3OS/c1-15-7-8-17(13-16(15)2)18-9-10-19(22-21-18)25-14-20(24)23-11-5-3-4-6-12-23/h7-10,13H,3-6,11-12,14H2,1-2H3. The minimum atomic E-state index is 0.215. The molecule has 5 heteroatoms. The maximum absolute atomic E-state index is 12.3. The predicted molar refractivity (Wildman–Crippen MR) is 103 cm³/mol. The molecule has 0 atom stereocenters. The Morgan fingerprint density at radius 2 is 1.76 bits per heavy atom. The fourth-order valence-corrected chi connectivity index (χ4v) is 3.72. The Morgan fingerprint density at radius 3 is 2.40 bits per heavy atom. The van der Waals surface area contributed by atoms with Crippen LogP contribution in [0.2, 0.25) is 0 Å². The zero-order valence-corrected chi connectivity index (χ0v) is 15.8. The number of benzene rings is 1. The number of hydrogen-bond acceptors (Lipinski definition) is 4. The lowest BCUT2D eigenvalue weighted by molar-refractivity contribution is -0.128. The molecule has 1 aliphatic heterocycles. The van der Waals surface area contributed by atoms with E-state index in [4.69, 9.17) is 0 Å². The molecule has 1 aromatic heterocycles. The number of aryl methyl sites for hydroxylation is 2. The van der Waals surface area contributed by atoms with Gasteiger partial charge in [0.25, 0.3) is 0 Å². The van der Waals surface area contributed by atoms with Crippen molar-refractivity contribution in [2.45, 2.75) is 44.6 Å². The Bertz CT molecular complexity index is 722. The average molecular weight is 356 g/mol. The molecule has 0 bridgehead atoms. The van der Waals surface area contributed by atoms with Crippen molar-refractivity contribution in [3.8, 4) is 11.3 Å². The number of likely N-dealkylation sites (tertiary alicyclic amines) is 1. The first-order valence-electron chi connectivity index (χ1n) is 8.95. The van der Waals surface area contributed by atoms with Gasteiger partial charge >= 0.3 is 0 Å². The molecule has 1 fully saturated rings. The van der Waals surface area contributed by atoms with E-state index in [1.54, 1.807) is 0 Å². The van der Waals surface area contributed by atoms with Gasteiger partial charge in [-0.2, -0.15) is 0 Å². The lowest BCUT2D eigenvalue weighted by Gasteiger charge is -2.19. The summed E-state index contributed by atoms with van der Waals surface area (Å²) in [5, 5.41) is 9.42. The largest absolute Gasteiger partial charge is 0.342 e. The van der Waals surface area contributed by atoms with Crippen molar-refractivity contribution >= 4 is 17.7 Å². The summed E-state index contributed by atoms with van der Waals surface area (Å²) >= 11 is 1.47. The summed E-state index contributed by atoms with van der Waals surface area (Å²) in [6.45, 7) is 6.00. The quantitative estimate of drug-likeness (QED) is 0.769. The second-order valence-electron chi connectivity index (χ2n) is 6.64. The van der Waals surface area contributed by atoms with Crippen LogP contribution < -0.4 is 0 Å². The number of nitrogens with zero attached hydrogens (tertiary/aromatic N) is 3. The van der Waals surface area contributed by atoms with Crippen molar-refractivity contribution in [3.63, 3.8) is 0 Å². The van der Waals surface area contributed by atoms with Gasteiger partial charge in [-0.05, 0) is 56.0 Å². The molecule has 0 spiro atoms. The molecule has 1 amide bonds. The molecule has 1 aromatic carbocycles. The van der Waals surface area contributed by atoms with Crippen LogP contribution in [0.5, 0.6) is 0 Å². The molecule has 0 unspecified atom stereocenters. The highest BCUT2D eigenvalue weighted by Gasteiger charge is 2.15. The van der Waals surface area contributed by atoms with Crippen LogP contribution in [0, 0.1) is 13.8 Å². The molecule has 0 radical (unpaired) electrons. The van der Waals surface area contributed by atoms with E-state index in [1.165, 1.54) is 35.7 Å². The van der Waals surface area contributed by atoms with Gasteiger partial charge in [0, 0.05) is 18.7 Å². The number of carbonyl (C=O) groups is 1. The van der Waals surface area contributed by atoms with E-state index in [1.807, 2.05) is 17.0 Å². The number of aromatic nitrogens is 2. The van der Waals surface area contributed by atoms with Gasteiger partial charge in [-0.3, -0.25) is 4.79 Å². The Labute approximate surface area is 154 Å². The zero-order chi connectivity index (χ0) is 17.6. The van der Waals surface area contributed by atoms with E-state index in [9.17, 15) is 4.79 Å². The van der Waals surface area contributed by atoms with Gasteiger partial charge in [0.2, 0.25) is 5.91 Å². The molecule has 132 valence electrons. The first-order chi connectivity index (χ1) is 12.1. The summed E-state index contributed by atoms with van der Waals surface area (Å²) in [5.41, 5.74) is 4.47. The molecule has 3 rings (SSSR count). The third-order valence-corrected chi connectivity index (χ3v) is 5.65. The van der Waals surface area contributed by atoms with Crippen molar-refractivity contribution in [2.75, 3.05) is 18.8 Å². The molecule has 0 aliphatic carbocycles. The second kappa shape index (κ2) is 8.48. The van der Waals surface area contributed by atoms with E-state index < -0.39 is 0 Å². The highest BCUT2D eigenvalue weighted by atomic mass is 32.2. The maximum Gasteiger partial charge on any atom is 0.232 e. The second-order valence-corrected chi connectivity index (χ2v) is 7.64. The van der Waals surface area contributed by atoms with Gasteiger partial charge in [0.1, 0.15) is 5.03 Å². The molecule has 25 heavy (non-hydrogen) atoms. The van der Waals surface area contributed by atoms with Crippen LogP contribution in [0.15, 0.2) is 35.4 Å². The smallest absolute Gasteiger partial charge is 0.232 e. The minimum absolute atomic E-state index is 0.215. The van der Waals surface area contributed by atoms with E-state index in [-0.39, 0.29) is 5.91 Å². The molecular formula is C20H25N3OS. The summed E-state index contributed by atoms with van der Waals surface area (Å²) in [7, 11) is 0. The Kier molecular flexibility index (Phi) is 6.08. The fraction of sp³-hybridized carbons (Fsp3) is 0.450. The Morgan fingerprint density at radius 1 is 1.00 bits per heavy atom. The molecule has 1 aliphatic rings. The summed E-state index contributed by atoms with van der Waals surface area (Å²) in [6.07, 6.45) is 4.73. The molecule has 4 nitrogen and oxygen atoms in total. The Hall–Kier alpha value is -1.88. The number of hydrogen-bond donors (Lipinski definition) is 0. The normalized spacial score (nSPS) is 15.0. The van der Waals surface area contributed by atoms with Crippen LogP contribution in [0.25, 0.3) is 11.3 Å². The summed E-state index contributed by atoms with van der Waals surface area (Å²) in [6, 6.07) is 10.2. The van der Waals surface area contributed by atoms with Crippen LogP contribution in [0.4, 0.5) is 0 Å². The predicted octanol–water partition coefficient (Wildman–Crippen LogP) is 4.26. The van der Waals surface area contributed by atoms with Crippen LogP contribution in [-0.2, 0) is 4.79 Å². The van der Waals surface area contributed by atoms with Gasteiger partial charge in [-0.15, -0.1) is 10.2 Å². The summed E-state index contributed by atoms with van der Waals surface area (Å²) in [4.78, 5) is 14.3. The van der Waals surface area contributed by atoms with Gasteiger partial charge in [-0.25, -0.2) is 0 Å². The highest BCUT2D eigenvalue weighted by molar-refractivity contribution is 7.99. The third kappa shape index (κ3) is 4.82. The molecule has 2 heterocycles. The van der Waals surface area contributed by atoms with Crippen LogP contribution in [0.1, 0.15) is 36.8 Å². The van der Waals surface area contributed by atoms with Crippen molar-refractivity contribution < 1.29 is 4.79 Å². The highest BCUT2D eigenvalue weighted by Crippen LogP contribution is 2.22. The van der Waals surface area contributed by atoms with E-state index >= 15 is 0 Å². The summed E-state index contributed by atoms with van der Waals surface area (Å²) in [5.74, 6) is 0.657. The van der Waals surface area contributed by atoms with Crippen LogP contribution in [0.3, 0.4) is 0 Å². The minimum Gasteiger partial charge on any atom is -0.342 e. The number of amides is 1. The van der Waals surface area contributed by atoms with Crippen LogP contribution >= 0.6 is 11.8 Å². The van der Waals surface area contributed by atoms with E-state index in [0.717, 1.165) is 42.2 Å². The van der Waals surface area contributed by atoms with Crippen molar-refractivity contribution in [1.82, 2.24) is 15.1 Å². The molecule has 0 N–H and O–H groups in total. The molecule has 0 saturated carbocycles. The SMILES string of the molecule is Cc1ccc(-c2ccc(SCC(=O)N3CCCCCC3)nn2)cc1C. The van der Waals surface area contributed by atoms with Gasteiger partial charge < -0.3 is 4.90 Å². The van der Waals surface area contributed by atoms with Gasteiger partial charge in [-0.1, -0.05) is 36.7 Å². The average Bonchev–Trinajstić information content (AvgIpc) is 2.92. The van der Waals surface area contributed by atoms with Crippen molar-refractivity contribution in [2.24, 2.45) is 0 Å². The van der Waals surface area contributed by atoms with Gasteiger partial charge in [0.05, 0.1) is 11.4 Å². The fourth-order valence-electron chi connectivity index (χ4n) is 3.00.